The maximum absolute atomic E-state index is 11.3. The van der Waals surface area contributed by atoms with E-state index in [0.717, 1.165) is 15.8 Å². The van der Waals surface area contributed by atoms with Crippen LogP contribution in [0.2, 0.25) is 0 Å². The molecular formula is C7H9N4O3S3+. The van der Waals surface area contributed by atoms with Crippen molar-refractivity contribution in [3.05, 3.63) is 16.8 Å². The molecule has 7 nitrogen and oxygen atoms in total. The van der Waals surface area contributed by atoms with Gasteiger partial charge >= 0.3 is 6.41 Å². The smallest absolute Gasteiger partial charge is 0.288 e. The summed E-state index contributed by atoms with van der Waals surface area (Å²) in [6.07, 6.45) is 0.605. The molecule has 1 aromatic heterocycles. The molecule has 2 rings (SSSR count). The van der Waals surface area contributed by atoms with E-state index in [9.17, 15) is 13.6 Å². The molecule has 2 heterocycles. The van der Waals surface area contributed by atoms with Crippen molar-refractivity contribution in [3.63, 3.8) is 0 Å². The zero-order valence-corrected chi connectivity index (χ0v) is 11.0. The van der Waals surface area contributed by atoms with Crippen molar-refractivity contribution in [1.29, 1.82) is 0 Å². The highest BCUT2D eigenvalue weighted by molar-refractivity contribution is 8.07. The van der Waals surface area contributed by atoms with Crippen LogP contribution in [0.3, 0.4) is 0 Å². The molecule has 0 radical (unpaired) electrons. The molecular weight excluding hydrogens is 284 g/mol. The minimum Gasteiger partial charge on any atom is -0.288 e. The van der Waals surface area contributed by atoms with Gasteiger partial charge in [0.05, 0.1) is 5.69 Å². The largest absolute Gasteiger partial charge is 0.342 e. The fourth-order valence-electron chi connectivity index (χ4n) is 1.19. The van der Waals surface area contributed by atoms with Crippen LogP contribution < -0.4 is 3.71 Å². The van der Waals surface area contributed by atoms with Crippen LogP contribution in [0.25, 0.3) is 0 Å². The van der Waals surface area contributed by atoms with E-state index in [1.165, 1.54) is 11.3 Å². The van der Waals surface area contributed by atoms with Crippen molar-refractivity contribution in [2.24, 2.45) is 10.3 Å². The molecule has 2 atom stereocenters. The topological polar surface area (TPSA) is 82.3 Å². The van der Waals surface area contributed by atoms with Crippen LogP contribution in [-0.2, 0) is 16.1 Å². The fourth-order valence-corrected chi connectivity index (χ4v) is 3.56. The van der Waals surface area contributed by atoms with Crippen molar-refractivity contribution in [2.45, 2.75) is 0 Å². The number of hydrogen-bond acceptors (Lipinski definition) is 6. The molecule has 0 saturated heterocycles. The molecule has 1 amide bonds. The number of hydrogen-bond donors (Lipinski definition) is 1. The molecule has 1 N–H and O–H groups in total. The van der Waals surface area contributed by atoms with E-state index in [1.54, 1.807) is 16.8 Å². The Bertz CT molecular complexity index is 451. The summed E-state index contributed by atoms with van der Waals surface area (Å²) in [7, 11) is 0. The zero-order valence-electron chi connectivity index (χ0n) is 8.50. The summed E-state index contributed by atoms with van der Waals surface area (Å²) in [5.41, 5.74) is 0.558. The Morgan fingerprint density at radius 2 is 2.53 bits per heavy atom. The van der Waals surface area contributed by atoms with E-state index < -0.39 is 11.3 Å². The number of carbonyl (C=O) groups excluding carboxylic acids is 1. The summed E-state index contributed by atoms with van der Waals surface area (Å²) in [6.45, 7) is 0.813. The molecule has 2 unspecified atom stereocenters. The minimum absolute atomic E-state index is 0.373. The van der Waals surface area contributed by atoms with Gasteiger partial charge in [-0.05, 0) is 15.4 Å². The molecule has 0 aliphatic carbocycles. The van der Waals surface area contributed by atoms with E-state index in [2.05, 4.69) is 10.3 Å². The van der Waals surface area contributed by atoms with Crippen molar-refractivity contribution >= 4 is 46.8 Å². The molecule has 0 aromatic carbocycles. The Morgan fingerprint density at radius 3 is 3.00 bits per heavy atom. The second-order valence-electron chi connectivity index (χ2n) is 3.09. The maximum atomic E-state index is 11.3. The lowest BCUT2D eigenvalue weighted by molar-refractivity contribution is -0.705. The first-order valence-electron chi connectivity index (χ1n) is 4.53. The molecule has 1 aliphatic heterocycles. The lowest BCUT2D eigenvalue weighted by atomic mass is 10.6. The van der Waals surface area contributed by atoms with Gasteiger partial charge in [-0.3, -0.25) is 4.55 Å². The maximum Gasteiger partial charge on any atom is 0.342 e. The van der Waals surface area contributed by atoms with Gasteiger partial charge in [-0.2, -0.15) is 15.0 Å². The molecule has 92 valence electrons. The summed E-state index contributed by atoms with van der Waals surface area (Å²) in [4.78, 5) is 11.0. The Morgan fingerprint density at radius 1 is 1.71 bits per heavy atom. The summed E-state index contributed by atoms with van der Waals surface area (Å²) in [6, 6.07) is 1.69. The van der Waals surface area contributed by atoms with Crippen LogP contribution in [0.5, 0.6) is 0 Å². The van der Waals surface area contributed by atoms with E-state index in [4.69, 9.17) is 0 Å². The average Bonchev–Trinajstić information content (AvgIpc) is 2.98. The van der Waals surface area contributed by atoms with Gasteiger partial charge in [-0.1, -0.05) is 0 Å². The number of rotatable bonds is 5. The SMILES string of the molecule is O=C[N+]1(SN(c2ccsc2)S(=O)O)CCN=N1. The van der Waals surface area contributed by atoms with Crippen LogP contribution in [-0.4, -0.2) is 32.3 Å². The molecule has 0 fully saturated rings. The molecule has 0 saturated carbocycles. The van der Waals surface area contributed by atoms with Gasteiger partial charge in [0.1, 0.15) is 13.1 Å². The lowest BCUT2D eigenvalue weighted by Gasteiger charge is -2.21. The molecule has 0 bridgehead atoms. The highest BCUT2D eigenvalue weighted by Gasteiger charge is 2.40. The predicted molar refractivity (Wildman–Crippen MR) is 66.1 cm³/mol. The number of quaternary nitrogens is 1. The first kappa shape index (κ1) is 12.6. The van der Waals surface area contributed by atoms with Gasteiger partial charge in [-0.25, -0.2) is 9.00 Å². The predicted octanol–water partition coefficient (Wildman–Crippen LogP) is 1.61. The number of thiophene rings is 1. The highest BCUT2D eigenvalue weighted by atomic mass is 32.3. The quantitative estimate of drug-likeness (QED) is 0.387. The fraction of sp³-hybridized carbons (Fsp3) is 0.286. The normalized spacial score (nSPS) is 24.8. The monoisotopic (exact) mass is 293 g/mol. The van der Waals surface area contributed by atoms with Gasteiger partial charge in [0, 0.05) is 10.6 Å². The Hall–Kier alpha value is -0.810. The van der Waals surface area contributed by atoms with Crippen molar-refractivity contribution in [3.8, 4) is 0 Å². The Balaban J connectivity index is 2.21. The molecule has 1 aromatic rings. The summed E-state index contributed by atoms with van der Waals surface area (Å²) >= 11 is 0.0349. The summed E-state index contributed by atoms with van der Waals surface area (Å²) < 4.78 is 21.3. The van der Waals surface area contributed by atoms with Gasteiger partial charge in [0.25, 0.3) is 23.4 Å². The Kier molecular flexibility index (Phi) is 3.89. The number of carbonyl (C=O) groups is 1. The minimum atomic E-state index is -2.23. The number of nitrogens with zero attached hydrogens (tertiary/aromatic N) is 4. The van der Waals surface area contributed by atoms with Crippen LogP contribution in [0.4, 0.5) is 5.69 Å². The second kappa shape index (κ2) is 5.23. The third-order valence-corrected chi connectivity index (χ3v) is 4.71. The molecule has 0 spiro atoms. The van der Waals surface area contributed by atoms with Crippen LogP contribution in [0, 0.1) is 0 Å². The summed E-state index contributed by atoms with van der Waals surface area (Å²) in [5, 5.41) is 11.0. The number of amides is 1. The van der Waals surface area contributed by atoms with Crippen molar-refractivity contribution in [1.82, 2.24) is 0 Å². The van der Waals surface area contributed by atoms with Crippen LogP contribution in [0.1, 0.15) is 0 Å². The highest BCUT2D eigenvalue weighted by Crippen LogP contribution is 2.34. The van der Waals surface area contributed by atoms with Gasteiger partial charge in [-0.15, -0.1) is 5.11 Å². The standard InChI is InChI=1S/C7H8N4O3S3/c12-6-11(3-2-8-9-11)16-10(17(13)14)7-1-4-15-5-7/h1,4-6H,2-3H2/p+1. The molecule has 1 aliphatic rings. The zero-order chi connectivity index (χ0) is 12.3. The first-order valence-corrected chi connectivity index (χ1v) is 7.27. The Labute approximate surface area is 108 Å². The van der Waals surface area contributed by atoms with Crippen LogP contribution in [0.15, 0.2) is 27.2 Å². The first-order chi connectivity index (χ1) is 8.17. The van der Waals surface area contributed by atoms with Gasteiger partial charge in [0.15, 0.2) is 0 Å². The van der Waals surface area contributed by atoms with Crippen molar-refractivity contribution in [2.75, 3.05) is 16.8 Å². The number of anilines is 1. The van der Waals surface area contributed by atoms with E-state index in [-0.39, 0.29) is 4.00 Å². The van der Waals surface area contributed by atoms with E-state index >= 15 is 0 Å². The third kappa shape index (κ3) is 2.72. The van der Waals surface area contributed by atoms with Crippen molar-refractivity contribution < 1.29 is 17.6 Å². The van der Waals surface area contributed by atoms with Gasteiger partial charge < -0.3 is 0 Å². The van der Waals surface area contributed by atoms with E-state index in [0.29, 0.717) is 25.2 Å². The molecule has 10 heteroatoms. The molecule has 17 heavy (non-hydrogen) atoms. The van der Waals surface area contributed by atoms with Crippen LogP contribution >= 0.6 is 23.5 Å². The van der Waals surface area contributed by atoms with Gasteiger partial charge in [0.2, 0.25) is 0 Å². The average molecular weight is 293 g/mol. The second-order valence-corrected chi connectivity index (χ2v) is 6.09. The lowest BCUT2D eigenvalue weighted by Crippen LogP contribution is -2.38. The summed E-state index contributed by atoms with van der Waals surface area (Å²) in [5.74, 6) is 0. The third-order valence-electron chi connectivity index (χ3n) is 1.97. The van der Waals surface area contributed by atoms with E-state index in [1.807, 2.05) is 0 Å².